The first-order valence-corrected chi connectivity index (χ1v) is 9.80. The number of thiol groups is 2. The molecule has 0 N–H and O–H groups in total. The van der Waals surface area contributed by atoms with Crippen LogP contribution < -0.4 is 17.0 Å². The number of quaternary nitrogens is 1. The molecule has 0 atom stereocenters. The maximum Gasteiger partial charge on any atom is 0.125 e. The first kappa shape index (κ1) is 23.4. The van der Waals surface area contributed by atoms with Crippen LogP contribution in [0.15, 0.2) is 30.3 Å². The van der Waals surface area contributed by atoms with Crippen molar-refractivity contribution in [2.75, 3.05) is 6.54 Å². The number of hydrogen-bond donors (Lipinski definition) is 2. The Hall–Kier alpha value is 0.360. The smallest absolute Gasteiger partial charge is 0.125 e. The van der Waals surface area contributed by atoms with Crippen LogP contribution >= 0.6 is 25.6 Å². The van der Waals surface area contributed by atoms with Gasteiger partial charge in [0.05, 0.1) is 25.6 Å². The van der Waals surface area contributed by atoms with Gasteiger partial charge in [0.2, 0.25) is 0 Å². The lowest BCUT2D eigenvalue weighted by Gasteiger charge is -2.24. The summed E-state index contributed by atoms with van der Waals surface area (Å²) in [5, 5.41) is 0. The fourth-order valence-electron chi connectivity index (χ4n) is 2.81. The lowest BCUT2D eigenvalue weighted by atomic mass is 10.1. The number of rotatable bonds is 13. The van der Waals surface area contributed by atoms with E-state index in [1.54, 1.807) is 0 Å². The van der Waals surface area contributed by atoms with E-state index >= 15 is 0 Å². The summed E-state index contributed by atoms with van der Waals surface area (Å²) in [7, 11) is 0. The molecule has 0 amide bonds. The maximum absolute atomic E-state index is 4.69. The number of benzene rings is 1. The molecule has 0 aliphatic rings. The van der Waals surface area contributed by atoms with Gasteiger partial charge in [-0.2, -0.15) is 0 Å². The van der Waals surface area contributed by atoms with Gasteiger partial charge in [-0.1, -0.05) is 88.6 Å². The predicted octanol–water partition coefficient (Wildman–Crippen LogP) is 3.62. The summed E-state index contributed by atoms with van der Waals surface area (Å²) in [4.78, 5) is 0. The van der Waals surface area contributed by atoms with Crippen LogP contribution in [-0.2, 0) is 6.54 Å². The molecule has 0 aliphatic carbocycles. The third kappa shape index (κ3) is 13.3. The van der Waals surface area contributed by atoms with Crippen LogP contribution in [0.4, 0.5) is 0 Å². The van der Waals surface area contributed by atoms with Crippen molar-refractivity contribution in [2.45, 2.75) is 77.7 Å². The van der Waals surface area contributed by atoms with Gasteiger partial charge < -0.3 is 17.0 Å². The van der Waals surface area contributed by atoms with E-state index in [2.05, 4.69) is 37.3 Å². The molecule has 1 nitrogen and oxygen atoms in total. The molecule has 0 radical (unpaired) electrons. The second-order valence-corrected chi connectivity index (χ2v) is 8.27. The Kier molecular flexibility index (Phi) is 14.9. The van der Waals surface area contributed by atoms with E-state index in [0.717, 1.165) is 13.1 Å². The summed E-state index contributed by atoms with van der Waals surface area (Å²) in [5.74, 6) is 0. The Bertz CT molecular complexity index is 371. The van der Waals surface area contributed by atoms with E-state index in [1.165, 1.54) is 69.8 Å². The number of nitrogens with zero attached hydrogens (tertiary/aromatic N) is 1. The predicted molar refractivity (Wildman–Crippen MR) is 105 cm³/mol. The molecular weight excluding hydrogens is 386 g/mol. The molecule has 0 heterocycles. The first-order chi connectivity index (χ1) is 10.6. The topological polar surface area (TPSA) is 0 Å². The summed E-state index contributed by atoms with van der Waals surface area (Å²) in [6.07, 6.45) is 13.7. The van der Waals surface area contributed by atoms with Crippen LogP contribution in [0.2, 0.25) is 0 Å². The highest BCUT2D eigenvalue weighted by molar-refractivity contribution is 7.87. The molecule has 0 spiro atoms. The van der Waals surface area contributed by atoms with Crippen LogP contribution in [0.1, 0.15) is 76.7 Å². The lowest BCUT2D eigenvalue weighted by Crippen LogP contribution is -3.00. The second-order valence-electron chi connectivity index (χ2n) is 6.43. The fourth-order valence-corrected chi connectivity index (χ4v) is 3.42. The Morgan fingerprint density at radius 2 is 1.22 bits per heavy atom. The molecule has 23 heavy (non-hydrogen) atoms. The van der Waals surface area contributed by atoms with Gasteiger partial charge in [-0.05, 0) is 12.8 Å². The quantitative estimate of drug-likeness (QED) is 0.272. The van der Waals surface area contributed by atoms with E-state index in [0.29, 0.717) is 3.29 Å². The highest BCUT2D eigenvalue weighted by atomic mass is 79.9. The largest absolute Gasteiger partial charge is 1.00 e. The third-order valence-corrected chi connectivity index (χ3v) is 4.83. The lowest BCUT2D eigenvalue weighted by molar-refractivity contribution is -0.656. The van der Waals surface area contributed by atoms with E-state index in [4.69, 9.17) is 25.6 Å². The van der Waals surface area contributed by atoms with Crippen molar-refractivity contribution < 1.29 is 20.3 Å². The number of unbranched alkanes of at least 4 members (excludes halogenated alkanes) is 9. The van der Waals surface area contributed by atoms with E-state index in [9.17, 15) is 0 Å². The SMILES string of the molecule is CCCCCCCCCCCC[N+](S)(S)Cc1ccccc1.[Br-]. The summed E-state index contributed by atoms with van der Waals surface area (Å²) in [5.41, 5.74) is 1.31. The molecule has 0 saturated heterocycles. The zero-order chi connectivity index (χ0) is 16.1. The van der Waals surface area contributed by atoms with Crippen molar-refractivity contribution >= 4 is 25.6 Å². The zero-order valence-corrected chi connectivity index (χ0v) is 18.0. The molecule has 1 aromatic carbocycles. The van der Waals surface area contributed by atoms with Gasteiger partial charge in [-0.3, -0.25) is 0 Å². The van der Waals surface area contributed by atoms with Crippen molar-refractivity contribution in [3.05, 3.63) is 35.9 Å². The van der Waals surface area contributed by atoms with Gasteiger partial charge in [-0.15, -0.1) is 0 Å². The summed E-state index contributed by atoms with van der Waals surface area (Å²) < 4.78 is 0.501. The van der Waals surface area contributed by atoms with Crippen molar-refractivity contribution in [1.29, 1.82) is 0 Å². The molecule has 0 bridgehead atoms. The van der Waals surface area contributed by atoms with E-state index in [-0.39, 0.29) is 17.0 Å². The molecule has 134 valence electrons. The van der Waals surface area contributed by atoms with Crippen LogP contribution in [0.25, 0.3) is 0 Å². The van der Waals surface area contributed by atoms with Gasteiger partial charge >= 0.3 is 0 Å². The molecule has 0 aliphatic heterocycles. The highest BCUT2D eigenvalue weighted by Gasteiger charge is 2.19. The monoisotopic (exact) mass is 419 g/mol. The van der Waals surface area contributed by atoms with Crippen LogP contribution in [0.5, 0.6) is 0 Å². The second kappa shape index (κ2) is 14.7. The number of hydrogen-bond acceptors (Lipinski definition) is 2. The molecule has 0 unspecified atom stereocenters. The Morgan fingerprint density at radius 1 is 0.739 bits per heavy atom. The Morgan fingerprint density at radius 3 is 1.74 bits per heavy atom. The van der Waals surface area contributed by atoms with Crippen LogP contribution in [0, 0.1) is 0 Å². The standard InChI is InChI=1S/C19H34NS2.BrH/c1-2-3-4-5-6-7-8-9-10-14-17-20(21,22)18-19-15-12-11-13-16-19;/h11-13,15-16,21-22H,2-10,14,17-18H2,1H3;1H/q+1;/p-1. The average molecular weight is 421 g/mol. The summed E-state index contributed by atoms with van der Waals surface area (Å²) >= 11 is 9.38. The van der Waals surface area contributed by atoms with Crippen molar-refractivity contribution in [3.8, 4) is 0 Å². The minimum Gasteiger partial charge on any atom is -1.00 e. The number of halogens is 1. The van der Waals surface area contributed by atoms with Gasteiger partial charge in [0, 0.05) is 5.56 Å². The molecule has 4 heteroatoms. The molecular formula is C19H34BrNS2. The first-order valence-electron chi connectivity index (χ1n) is 9.00. The minimum atomic E-state index is 0. The van der Waals surface area contributed by atoms with Gasteiger partial charge in [0.25, 0.3) is 0 Å². The normalized spacial score (nSPS) is 11.3. The van der Waals surface area contributed by atoms with Gasteiger partial charge in [0.1, 0.15) is 13.1 Å². The molecule has 1 rings (SSSR count). The van der Waals surface area contributed by atoms with Crippen molar-refractivity contribution in [2.24, 2.45) is 0 Å². The van der Waals surface area contributed by atoms with Crippen LogP contribution in [-0.4, -0.2) is 9.84 Å². The van der Waals surface area contributed by atoms with Gasteiger partial charge in [0.15, 0.2) is 0 Å². The van der Waals surface area contributed by atoms with Gasteiger partial charge in [-0.25, -0.2) is 3.29 Å². The molecule has 0 saturated carbocycles. The third-order valence-electron chi connectivity index (χ3n) is 4.15. The average Bonchev–Trinajstić information content (AvgIpc) is 2.49. The van der Waals surface area contributed by atoms with Crippen molar-refractivity contribution in [1.82, 2.24) is 0 Å². The molecule has 0 aromatic heterocycles. The Labute approximate surface area is 165 Å². The zero-order valence-electron chi connectivity index (χ0n) is 14.6. The summed E-state index contributed by atoms with van der Waals surface area (Å²) in [6, 6.07) is 10.5. The summed E-state index contributed by atoms with van der Waals surface area (Å²) in [6.45, 7) is 4.18. The maximum atomic E-state index is 4.69. The molecule has 0 fully saturated rings. The molecule has 1 aromatic rings. The minimum absolute atomic E-state index is 0. The Balaban J connectivity index is 0.00000484. The van der Waals surface area contributed by atoms with Crippen LogP contribution in [0.3, 0.4) is 0 Å². The fraction of sp³-hybridized carbons (Fsp3) is 0.684. The van der Waals surface area contributed by atoms with E-state index < -0.39 is 0 Å². The van der Waals surface area contributed by atoms with Crippen molar-refractivity contribution in [3.63, 3.8) is 0 Å². The highest BCUT2D eigenvalue weighted by Crippen LogP contribution is 2.23. The van der Waals surface area contributed by atoms with E-state index in [1.807, 2.05) is 0 Å².